The van der Waals surface area contributed by atoms with E-state index in [9.17, 15) is 0 Å². The van der Waals surface area contributed by atoms with E-state index >= 15 is 0 Å². The highest BCUT2D eigenvalue weighted by molar-refractivity contribution is 7.16. The van der Waals surface area contributed by atoms with E-state index in [1.165, 1.54) is 11.3 Å². The number of nitrogens with two attached hydrogens (primary N) is 1. The highest BCUT2D eigenvalue weighted by atomic mass is 35.5. The Kier molecular flexibility index (Phi) is 4.64. The van der Waals surface area contributed by atoms with Crippen LogP contribution in [0.4, 0.5) is 0 Å². The number of hydrogen-bond acceptors (Lipinski definition) is 3. The highest BCUT2D eigenvalue weighted by Crippen LogP contribution is 2.30. The van der Waals surface area contributed by atoms with Gasteiger partial charge in [0.2, 0.25) is 0 Å². The van der Waals surface area contributed by atoms with Crippen LogP contribution >= 0.6 is 22.9 Å². The van der Waals surface area contributed by atoms with E-state index in [1.807, 2.05) is 36.4 Å². The van der Waals surface area contributed by atoms with Crippen molar-refractivity contribution in [2.75, 3.05) is 6.61 Å². The molecule has 0 fully saturated rings. The molecule has 0 spiro atoms. The van der Waals surface area contributed by atoms with Crippen molar-refractivity contribution >= 4 is 22.9 Å². The van der Waals surface area contributed by atoms with Crippen LogP contribution in [-0.2, 0) is 0 Å². The maximum Gasteiger partial charge on any atom is 0.119 e. The van der Waals surface area contributed by atoms with Crippen molar-refractivity contribution < 1.29 is 4.74 Å². The van der Waals surface area contributed by atoms with Gasteiger partial charge in [0.1, 0.15) is 5.75 Å². The molecule has 0 amide bonds. The van der Waals surface area contributed by atoms with E-state index in [0.717, 1.165) is 33.6 Å². The second-order valence-corrected chi connectivity index (χ2v) is 5.79. The zero-order chi connectivity index (χ0) is 13.0. The summed E-state index contributed by atoms with van der Waals surface area (Å²) in [5, 5.41) is 0. The summed E-state index contributed by atoms with van der Waals surface area (Å²) in [6, 6.07) is 11.6. The van der Waals surface area contributed by atoms with Crippen LogP contribution < -0.4 is 10.5 Å². The minimum atomic E-state index is -0.146. The molecule has 96 valence electrons. The fourth-order valence-electron chi connectivity index (χ4n) is 1.68. The quantitative estimate of drug-likeness (QED) is 0.890. The summed E-state index contributed by atoms with van der Waals surface area (Å²) in [6.07, 6.45) is 0.997. The zero-order valence-electron chi connectivity index (χ0n) is 10.2. The maximum absolute atomic E-state index is 6.22. The van der Waals surface area contributed by atoms with Gasteiger partial charge in [0.05, 0.1) is 17.0 Å². The van der Waals surface area contributed by atoms with Crippen LogP contribution in [0.15, 0.2) is 36.4 Å². The van der Waals surface area contributed by atoms with Gasteiger partial charge in [-0.05, 0) is 36.2 Å². The lowest BCUT2D eigenvalue weighted by atomic mass is 10.1. The molecular formula is C14H16ClNOS. The number of thiophene rings is 1. The molecule has 1 aromatic heterocycles. The second-order valence-electron chi connectivity index (χ2n) is 4.04. The third-order valence-corrected chi connectivity index (χ3v) is 3.90. The van der Waals surface area contributed by atoms with Crippen LogP contribution in [0, 0.1) is 0 Å². The summed E-state index contributed by atoms with van der Waals surface area (Å²) in [4.78, 5) is 1.06. The standard InChI is InChI=1S/C14H16ClNOS/c1-2-8-17-11-5-3-4-10(9-11)14(16)12-6-7-13(15)18-12/h3-7,9,14H,2,8,16H2,1H3. The molecule has 0 bridgehead atoms. The number of halogens is 1. The van der Waals surface area contributed by atoms with Crippen molar-refractivity contribution in [1.82, 2.24) is 0 Å². The van der Waals surface area contributed by atoms with E-state index in [1.54, 1.807) is 0 Å². The van der Waals surface area contributed by atoms with E-state index in [2.05, 4.69) is 6.92 Å². The van der Waals surface area contributed by atoms with Crippen LogP contribution in [0.1, 0.15) is 29.8 Å². The summed E-state index contributed by atoms with van der Waals surface area (Å²) in [6.45, 7) is 2.81. The number of hydrogen-bond donors (Lipinski definition) is 1. The lowest BCUT2D eigenvalue weighted by Gasteiger charge is -2.12. The van der Waals surface area contributed by atoms with Crippen molar-refractivity contribution in [3.63, 3.8) is 0 Å². The first-order chi connectivity index (χ1) is 8.70. The predicted molar refractivity (Wildman–Crippen MR) is 77.6 cm³/mol. The van der Waals surface area contributed by atoms with E-state index in [-0.39, 0.29) is 6.04 Å². The predicted octanol–water partition coefficient (Wildman–Crippen LogP) is 4.24. The third-order valence-electron chi connectivity index (χ3n) is 2.59. The van der Waals surface area contributed by atoms with Gasteiger partial charge in [-0.25, -0.2) is 0 Å². The molecule has 0 aliphatic heterocycles. The van der Waals surface area contributed by atoms with Gasteiger partial charge in [-0.2, -0.15) is 0 Å². The SMILES string of the molecule is CCCOc1cccc(C(N)c2ccc(Cl)s2)c1. The van der Waals surface area contributed by atoms with Crippen molar-refractivity contribution in [1.29, 1.82) is 0 Å². The van der Waals surface area contributed by atoms with Crippen molar-refractivity contribution in [2.45, 2.75) is 19.4 Å². The first-order valence-electron chi connectivity index (χ1n) is 5.94. The molecule has 1 aromatic carbocycles. The molecular weight excluding hydrogens is 266 g/mol. The first-order valence-corrected chi connectivity index (χ1v) is 7.13. The van der Waals surface area contributed by atoms with Crippen molar-refractivity contribution in [2.24, 2.45) is 5.73 Å². The number of rotatable bonds is 5. The molecule has 1 atom stereocenters. The van der Waals surface area contributed by atoms with E-state index in [4.69, 9.17) is 22.1 Å². The zero-order valence-corrected chi connectivity index (χ0v) is 11.8. The summed E-state index contributed by atoms with van der Waals surface area (Å²) in [5.41, 5.74) is 7.27. The molecule has 2 nitrogen and oxygen atoms in total. The Morgan fingerprint density at radius 2 is 2.17 bits per heavy atom. The van der Waals surface area contributed by atoms with Crippen LogP contribution in [0.2, 0.25) is 4.34 Å². The smallest absolute Gasteiger partial charge is 0.119 e. The van der Waals surface area contributed by atoms with Gasteiger partial charge < -0.3 is 10.5 Å². The van der Waals surface area contributed by atoms with Crippen LogP contribution in [0.3, 0.4) is 0 Å². The topological polar surface area (TPSA) is 35.2 Å². The Bertz CT molecular complexity index is 512. The molecule has 2 N–H and O–H groups in total. The van der Waals surface area contributed by atoms with Gasteiger partial charge in [0.25, 0.3) is 0 Å². The molecule has 0 radical (unpaired) electrons. The fourth-order valence-corrected chi connectivity index (χ4v) is 2.77. The first kappa shape index (κ1) is 13.4. The second kappa shape index (κ2) is 6.23. The fraction of sp³-hybridized carbons (Fsp3) is 0.286. The van der Waals surface area contributed by atoms with Gasteiger partial charge in [-0.15, -0.1) is 11.3 Å². The largest absolute Gasteiger partial charge is 0.494 e. The Hall–Kier alpha value is -1.03. The summed E-state index contributed by atoms with van der Waals surface area (Å²) in [5.74, 6) is 0.868. The molecule has 0 aliphatic rings. The minimum Gasteiger partial charge on any atom is -0.494 e. The third kappa shape index (κ3) is 3.25. The molecule has 0 saturated carbocycles. The van der Waals surface area contributed by atoms with Crippen LogP contribution in [0.25, 0.3) is 0 Å². The Balaban J connectivity index is 2.17. The van der Waals surface area contributed by atoms with E-state index < -0.39 is 0 Å². The van der Waals surface area contributed by atoms with E-state index in [0.29, 0.717) is 0 Å². The number of ether oxygens (including phenoxy) is 1. The van der Waals surface area contributed by atoms with Gasteiger partial charge in [-0.1, -0.05) is 30.7 Å². The Morgan fingerprint density at radius 3 is 2.83 bits per heavy atom. The Morgan fingerprint density at radius 1 is 1.33 bits per heavy atom. The molecule has 1 unspecified atom stereocenters. The summed E-state index contributed by atoms with van der Waals surface area (Å²) < 4.78 is 6.37. The maximum atomic E-state index is 6.22. The molecule has 18 heavy (non-hydrogen) atoms. The molecule has 0 aliphatic carbocycles. The molecule has 2 rings (SSSR count). The molecule has 4 heteroatoms. The lowest BCUT2D eigenvalue weighted by Crippen LogP contribution is -2.10. The average Bonchev–Trinajstić information content (AvgIpc) is 2.82. The Labute approximate surface area is 116 Å². The summed E-state index contributed by atoms with van der Waals surface area (Å²) in [7, 11) is 0. The van der Waals surface area contributed by atoms with Crippen LogP contribution in [0.5, 0.6) is 5.75 Å². The normalized spacial score (nSPS) is 12.4. The summed E-state index contributed by atoms with van der Waals surface area (Å²) >= 11 is 7.44. The lowest BCUT2D eigenvalue weighted by molar-refractivity contribution is 0.317. The average molecular weight is 282 g/mol. The minimum absolute atomic E-state index is 0.146. The highest BCUT2D eigenvalue weighted by Gasteiger charge is 2.11. The van der Waals surface area contributed by atoms with Crippen LogP contribution in [-0.4, -0.2) is 6.61 Å². The van der Waals surface area contributed by atoms with Gasteiger partial charge >= 0.3 is 0 Å². The van der Waals surface area contributed by atoms with Gasteiger partial charge in [-0.3, -0.25) is 0 Å². The number of benzene rings is 1. The van der Waals surface area contributed by atoms with Gasteiger partial charge in [0.15, 0.2) is 0 Å². The van der Waals surface area contributed by atoms with Crippen molar-refractivity contribution in [3.8, 4) is 5.75 Å². The monoisotopic (exact) mass is 281 g/mol. The van der Waals surface area contributed by atoms with Gasteiger partial charge in [0, 0.05) is 4.88 Å². The molecule has 1 heterocycles. The molecule has 0 saturated heterocycles. The van der Waals surface area contributed by atoms with Crippen molar-refractivity contribution in [3.05, 3.63) is 51.2 Å². The molecule has 2 aromatic rings.